The summed E-state index contributed by atoms with van der Waals surface area (Å²) in [5, 5.41) is 0. The summed E-state index contributed by atoms with van der Waals surface area (Å²) < 4.78 is 61.3. The summed E-state index contributed by atoms with van der Waals surface area (Å²) in [4.78, 5) is 0. The first kappa shape index (κ1) is 33.7. The van der Waals surface area contributed by atoms with Crippen molar-refractivity contribution in [3.8, 4) is 11.5 Å². The molecular formula is C33H43B2O9P. The Hall–Kier alpha value is -2.62. The molecule has 0 spiro atoms. The van der Waals surface area contributed by atoms with E-state index >= 15 is 0 Å². The molecule has 3 aromatic carbocycles. The Labute approximate surface area is 268 Å². The van der Waals surface area contributed by atoms with E-state index in [1.807, 2.05) is 94.6 Å². The quantitative estimate of drug-likeness (QED) is 0.149. The number of hydrogen-bond acceptors (Lipinski definition) is 9. The molecular weight excluding hydrogens is 593 g/mol. The highest BCUT2D eigenvalue weighted by molar-refractivity contribution is 7.53. The molecule has 12 heteroatoms. The normalized spacial score (nSPS) is 26.4. The van der Waals surface area contributed by atoms with Crippen molar-refractivity contribution in [3.05, 3.63) is 95.6 Å². The zero-order valence-corrected chi connectivity index (χ0v) is 27.8. The lowest BCUT2D eigenvalue weighted by Crippen LogP contribution is -2.38. The Morgan fingerprint density at radius 2 is 1.22 bits per heavy atom. The fraction of sp³-hybridized carbons (Fsp3) is 0.455. The second-order valence-electron chi connectivity index (χ2n) is 11.7. The molecule has 2 heterocycles. The van der Waals surface area contributed by atoms with Crippen LogP contribution >= 0.6 is 7.60 Å². The van der Waals surface area contributed by atoms with Crippen molar-refractivity contribution >= 4 is 23.3 Å². The summed E-state index contributed by atoms with van der Waals surface area (Å²) in [5.74, 6) is 1.48. The third-order valence-corrected chi connectivity index (χ3v) is 9.78. The highest BCUT2D eigenvalue weighted by atomic mass is 31.2. The van der Waals surface area contributed by atoms with E-state index in [9.17, 15) is 4.57 Å². The van der Waals surface area contributed by atoms with E-state index in [1.54, 1.807) is 21.3 Å². The Morgan fingerprint density at radius 3 is 1.73 bits per heavy atom. The summed E-state index contributed by atoms with van der Waals surface area (Å²) >= 11 is 0. The van der Waals surface area contributed by atoms with Crippen LogP contribution < -0.4 is 9.47 Å². The van der Waals surface area contributed by atoms with Crippen LogP contribution in [0.15, 0.2) is 78.9 Å². The summed E-state index contributed by atoms with van der Waals surface area (Å²) in [6.45, 7) is 1.78. The first-order valence-corrected chi connectivity index (χ1v) is 17.4. The molecule has 2 aliphatic rings. The van der Waals surface area contributed by atoms with Gasteiger partial charge in [0.1, 0.15) is 45.0 Å². The molecule has 2 saturated heterocycles. The Morgan fingerprint density at radius 1 is 0.733 bits per heavy atom. The van der Waals surface area contributed by atoms with E-state index in [0.717, 1.165) is 34.6 Å². The number of rotatable bonds is 14. The average molecular weight is 636 g/mol. The number of methoxy groups -OCH3 is 3. The highest BCUT2D eigenvalue weighted by Crippen LogP contribution is 2.49. The van der Waals surface area contributed by atoms with E-state index < -0.39 is 25.4 Å². The van der Waals surface area contributed by atoms with Crippen molar-refractivity contribution in [1.82, 2.24) is 0 Å². The van der Waals surface area contributed by atoms with Crippen molar-refractivity contribution in [2.45, 2.75) is 54.9 Å². The molecule has 2 aliphatic heterocycles. The third kappa shape index (κ3) is 7.86. The van der Waals surface area contributed by atoms with Gasteiger partial charge in [-0.15, -0.1) is 0 Å². The van der Waals surface area contributed by atoms with Crippen LogP contribution in [0.3, 0.4) is 0 Å². The van der Waals surface area contributed by atoms with Gasteiger partial charge in [-0.3, -0.25) is 4.57 Å². The fourth-order valence-electron chi connectivity index (χ4n) is 6.26. The number of hydrogen-bond donors (Lipinski definition) is 0. The smallest absolute Gasteiger partial charge is 0.328 e. The molecule has 0 aromatic heterocycles. The molecule has 45 heavy (non-hydrogen) atoms. The zero-order chi connectivity index (χ0) is 32.0. The first-order valence-electron chi connectivity index (χ1n) is 15.4. The van der Waals surface area contributed by atoms with Gasteiger partial charge >= 0.3 is 7.60 Å². The molecule has 0 saturated carbocycles. The van der Waals surface area contributed by atoms with Gasteiger partial charge in [-0.2, -0.15) is 0 Å². The molecule has 3 aromatic rings. The van der Waals surface area contributed by atoms with Gasteiger partial charge in [-0.25, -0.2) is 0 Å². The van der Waals surface area contributed by atoms with Crippen molar-refractivity contribution in [2.75, 3.05) is 41.2 Å². The molecule has 0 bridgehead atoms. The van der Waals surface area contributed by atoms with Gasteiger partial charge in [0, 0.05) is 25.8 Å². The molecule has 240 valence electrons. The maximum atomic E-state index is 13.6. The highest BCUT2D eigenvalue weighted by Gasteiger charge is 2.43. The summed E-state index contributed by atoms with van der Waals surface area (Å²) in [7, 11) is 5.44. The minimum absolute atomic E-state index is 0.0487. The molecule has 7 atom stereocenters. The van der Waals surface area contributed by atoms with Crippen LogP contribution in [0.1, 0.15) is 29.5 Å². The summed E-state index contributed by atoms with van der Waals surface area (Å²) in [5.41, 5.74) is 1.74. The molecule has 5 rings (SSSR count). The molecule has 2 fully saturated rings. The first-order chi connectivity index (χ1) is 21.7. The van der Waals surface area contributed by atoms with Gasteiger partial charge < -0.3 is 37.5 Å². The van der Waals surface area contributed by atoms with E-state index in [1.165, 1.54) is 6.66 Å². The van der Waals surface area contributed by atoms with E-state index in [2.05, 4.69) is 0 Å². The van der Waals surface area contributed by atoms with E-state index in [4.69, 9.17) is 37.5 Å². The SMILES string of the molecule is B[C@H]1C[C@@H](OC)[C@@H](COP(C)(=O)O[C@@H]2C[C@H](B)O[C@@H]2COC(c2ccccc2)(c2ccc(OC)cc2)c2ccc(OC)cc2)O1. The maximum Gasteiger partial charge on any atom is 0.328 e. The predicted octanol–water partition coefficient (Wildman–Crippen LogP) is 3.75. The topological polar surface area (TPSA) is 90.9 Å². The second kappa shape index (κ2) is 14.9. The molecule has 0 radical (unpaired) electrons. The van der Waals surface area contributed by atoms with Crippen LogP contribution in [0.25, 0.3) is 0 Å². The Balaban J connectivity index is 1.41. The minimum Gasteiger partial charge on any atom is -0.497 e. The molecule has 0 aliphatic carbocycles. The van der Waals surface area contributed by atoms with Crippen molar-refractivity contribution < 1.29 is 42.0 Å². The maximum absolute atomic E-state index is 13.6. The zero-order valence-electron chi connectivity index (χ0n) is 26.9. The van der Waals surface area contributed by atoms with Gasteiger partial charge in [0.05, 0.1) is 39.6 Å². The van der Waals surface area contributed by atoms with Gasteiger partial charge in [0.2, 0.25) is 0 Å². The van der Waals surface area contributed by atoms with Gasteiger partial charge in [0.25, 0.3) is 0 Å². The van der Waals surface area contributed by atoms with Crippen LogP contribution in [0.2, 0.25) is 0 Å². The van der Waals surface area contributed by atoms with Crippen molar-refractivity contribution in [1.29, 1.82) is 0 Å². The number of ether oxygens (including phenoxy) is 6. The third-order valence-electron chi connectivity index (χ3n) is 8.51. The summed E-state index contributed by atoms with van der Waals surface area (Å²) in [6.07, 6.45) is -0.101. The van der Waals surface area contributed by atoms with Gasteiger partial charge in [-0.1, -0.05) is 54.6 Å². The largest absolute Gasteiger partial charge is 0.497 e. The Bertz CT molecular complexity index is 1360. The molecule has 0 N–H and O–H groups in total. The Kier molecular flexibility index (Phi) is 11.1. The standard InChI is InChI=1S/C33H43B2O9P/c1-37-25-14-10-23(11-15-25)33(22-8-6-5-7-9-22,24-12-16-26(38-2)17-13-24)40-20-29-28(19-32(35)42-29)44-45(4,36)41-21-30-27(39-3)18-31(34)43-30/h5-17,27-32H,18-21,34-35H2,1-4H3/t27-,28-,29-,30-,31-,32-,45?/m1/s1. The minimum atomic E-state index is -3.47. The fourth-order valence-corrected chi connectivity index (χ4v) is 7.45. The van der Waals surface area contributed by atoms with Crippen LogP contribution in [0.5, 0.6) is 11.5 Å². The monoisotopic (exact) mass is 636 g/mol. The summed E-state index contributed by atoms with van der Waals surface area (Å²) in [6, 6.07) is 25.7. The van der Waals surface area contributed by atoms with Crippen LogP contribution in [0, 0.1) is 0 Å². The predicted molar refractivity (Wildman–Crippen MR) is 177 cm³/mol. The molecule has 1 unspecified atom stereocenters. The van der Waals surface area contributed by atoms with E-state index in [0.29, 0.717) is 6.42 Å². The second-order valence-corrected chi connectivity index (χ2v) is 13.8. The van der Waals surface area contributed by atoms with Crippen molar-refractivity contribution in [3.63, 3.8) is 0 Å². The van der Waals surface area contributed by atoms with Gasteiger partial charge in [0.15, 0.2) is 0 Å². The lowest BCUT2D eigenvalue weighted by atomic mass is 9.80. The van der Waals surface area contributed by atoms with Crippen LogP contribution in [0.4, 0.5) is 0 Å². The molecule has 0 amide bonds. The van der Waals surface area contributed by atoms with Crippen molar-refractivity contribution in [2.24, 2.45) is 0 Å². The lowest BCUT2D eigenvalue weighted by molar-refractivity contribution is -0.0724. The lowest BCUT2D eigenvalue weighted by Gasteiger charge is -2.37. The van der Waals surface area contributed by atoms with Crippen LogP contribution in [-0.2, 0) is 38.2 Å². The molecule has 9 nitrogen and oxygen atoms in total. The average Bonchev–Trinajstić information content (AvgIpc) is 3.60. The number of benzene rings is 3. The van der Waals surface area contributed by atoms with E-state index in [-0.39, 0.29) is 37.4 Å². The van der Waals surface area contributed by atoms with Gasteiger partial charge in [-0.05, 0) is 53.8 Å². The van der Waals surface area contributed by atoms with Crippen LogP contribution in [-0.4, -0.2) is 93.3 Å².